The second-order valence-electron chi connectivity index (χ2n) is 6.08. The number of nitrogens with one attached hydrogen (secondary N) is 1. The molecule has 2 aliphatic rings. The highest BCUT2D eigenvalue weighted by Gasteiger charge is 2.39. The summed E-state index contributed by atoms with van der Waals surface area (Å²) < 4.78 is 5.43. The smallest absolute Gasteiger partial charge is 0.410 e. The van der Waals surface area contributed by atoms with Gasteiger partial charge >= 0.3 is 6.09 Å². The Bertz CT molecular complexity index is 349. The number of nitrogens with zero attached hydrogens (tertiary/aromatic N) is 1. The molecule has 2 unspecified atom stereocenters. The predicted molar refractivity (Wildman–Crippen MR) is 67.4 cm³/mol. The molecule has 0 bridgehead atoms. The fraction of sp³-hybridized carbons (Fsp3) is 0.846. The first-order valence-electron chi connectivity index (χ1n) is 6.61. The monoisotopic (exact) mass is 254 g/mol. The van der Waals surface area contributed by atoms with Gasteiger partial charge in [0.25, 0.3) is 0 Å². The molecule has 1 heterocycles. The van der Waals surface area contributed by atoms with Gasteiger partial charge in [-0.05, 0) is 27.2 Å². The topological polar surface area (TPSA) is 58.6 Å². The van der Waals surface area contributed by atoms with Gasteiger partial charge in [-0.25, -0.2) is 4.79 Å². The molecule has 1 aliphatic heterocycles. The zero-order valence-corrected chi connectivity index (χ0v) is 11.4. The van der Waals surface area contributed by atoms with Crippen molar-refractivity contribution < 1.29 is 14.3 Å². The van der Waals surface area contributed by atoms with E-state index in [1.54, 1.807) is 4.90 Å². The third-order valence-electron chi connectivity index (χ3n) is 3.42. The molecule has 5 nitrogen and oxygen atoms in total. The molecule has 1 saturated heterocycles. The zero-order chi connectivity index (χ0) is 13.3. The third-order valence-corrected chi connectivity index (χ3v) is 3.42. The molecule has 0 spiro atoms. The van der Waals surface area contributed by atoms with Crippen LogP contribution in [0.15, 0.2) is 0 Å². The number of carbonyl (C=O) groups excluding carboxylic acids is 2. The quantitative estimate of drug-likeness (QED) is 0.708. The summed E-state index contributed by atoms with van der Waals surface area (Å²) in [5.41, 5.74) is -0.470. The highest BCUT2D eigenvalue weighted by atomic mass is 16.6. The molecule has 5 heteroatoms. The molecule has 1 aliphatic carbocycles. The second kappa shape index (κ2) is 4.88. The number of amides is 1. The van der Waals surface area contributed by atoms with Crippen molar-refractivity contribution in [1.29, 1.82) is 0 Å². The minimum atomic E-state index is -0.470. The van der Waals surface area contributed by atoms with Crippen molar-refractivity contribution in [2.24, 2.45) is 0 Å². The summed E-state index contributed by atoms with van der Waals surface area (Å²) in [6.45, 7) is 7.00. The molecule has 2 atom stereocenters. The van der Waals surface area contributed by atoms with Gasteiger partial charge in [-0.15, -0.1) is 0 Å². The fourth-order valence-electron chi connectivity index (χ4n) is 2.66. The van der Waals surface area contributed by atoms with Crippen LogP contribution in [0.5, 0.6) is 0 Å². The van der Waals surface area contributed by atoms with Gasteiger partial charge in [0.05, 0.1) is 6.04 Å². The lowest BCUT2D eigenvalue weighted by Crippen LogP contribution is -2.62. The fourth-order valence-corrected chi connectivity index (χ4v) is 2.66. The number of ether oxygens (including phenoxy) is 1. The number of hydrogen-bond donors (Lipinski definition) is 1. The van der Waals surface area contributed by atoms with Crippen LogP contribution < -0.4 is 5.32 Å². The van der Waals surface area contributed by atoms with Crippen LogP contribution in [0.4, 0.5) is 4.79 Å². The van der Waals surface area contributed by atoms with Crippen LogP contribution in [0.2, 0.25) is 0 Å². The normalized spacial score (nSPS) is 28.8. The van der Waals surface area contributed by atoms with E-state index in [1.807, 2.05) is 20.8 Å². The molecule has 1 N–H and O–H groups in total. The van der Waals surface area contributed by atoms with Crippen molar-refractivity contribution in [3.8, 4) is 0 Å². The number of fused-ring (bicyclic) bond motifs is 1. The Morgan fingerprint density at radius 3 is 2.83 bits per heavy atom. The number of carbonyl (C=O) groups is 2. The Labute approximate surface area is 108 Å². The predicted octanol–water partition coefficient (Wildman–Crippen LogP) is 1.32. The Morgan fingerprint density at radius 2 is 2.17 bits per heavy atom. The van der Waals surface area contributed by atoms with Crippen LogP contribution in [-0.2, 0) is 9.53 Å². The third kappa shape index (κ3) is 3.02. The largest absolute Gasteiger partial charge is 0.444 e. The lowest BCUT2D eigenvalue weighted by molar-refractivity contribution is -0.122. The molecule has 0 radical (unpaired) electrons. The maximum Gasteiger partial charge on any atom is 0.410 e. The van der Waals surface area contributed by atoms with Gasteiger partial charge in [0, 0.05) is 32.0 Å². The summed E-state index contributed by atoms with van der Waals surface area (Å²) in [7, 11) is 0. The summed E-state index contributed by atoms with van der Waals surface area (Å²) in [6, 6.07) is 0.207. The molecule has 2 fully saturated rings. The van der Waals surface area contributed by atoms with E-state index >= 15 is 0 Å². The summed E-state index contributed by atoms with van der Waals surface area (Å²) in [6.07, 6.45) is 1.59. The summed E-state index contributed by atoms with van der Waals surface area (Å²) in [4.78, 5) is 25.4. The van der Waals surface area contributed by atoms with Crippen LogP contribution >= 0.6 is 0 Å². The molecule has 102 valence electrons. The van der Waals surface area contributed by atoms with Crippen molar-refractivity contribution in [2.75, 3.05) is 13.1 Å². The van der Waals surface area contributed by atoms with E-state index in [0.717, 1.165) is 13.0 Å². The zero-order valence-electron chi connectivity index (χ0n) is 11.4. The Morgan fingerprint density at radius 1 is 1.44 bits per heavy atom. The second-order valence-corrected chi connectivity index (χ2v) is 6.08. The van der Waals surface area contributed by atoms with E-state index in [4.69, 9.17) is 4.74 Å². The standard InChI is InChI=1S/C13H22N2O3/c1-13(2,3)18-12(17)15-7-6-14-10-8-9(16)4-5-11(10)15/h10-11,14H,4-8H2,1-3H3. The minimum Gasteiger partial charge on any atom is -0.444 e. The van der Waals surface area contributed by atoms with Crippen LogP contribution in [0, 0.1) is 0 Å². The Hall–Kier alpha value is -1.10. The number of hydrogen-bond acceptors (Lipinski definition) is 4. The van der Waals surface area contributed by atoms with Crippen molar-refractivity contribution in [3.05, 3.63) is 0 Å². The molecule has 0 aromatic carbocycles. The van der Waals surface area contributed by atoms with Gasteiger partial charge in [0.15, 0.2) is 0 Å². The van der Waals surface area contributed by atoms with Gasteiger partial charge in [0.2, 0.25) is 0 Å². The number of ketones is 1. The van der Waals surface area contributed by atoms with Crippen LogP contribution in [-0.4, -0.2) is 47.6 Å². The highest BCUT2D eigenvalue weighted by molar-refractivity contribution is 5.80. The summed E-state index contributed by atoms with van der Waals surface area (Å²) in [5, 5.41) is 3.33. The number of piperazine rings is 1. The van der Waals surface area contributed by atoms with Gasteiger partial charge < -0.3 is 15.0 Å². The number of rotatable bonds is 0. The molecule has 0 aromatic rings. The Balaban J connectivity index is 2.03. The van der Waals surface area contributed by atoms with E-state index in [2.05, 4.69) is 5.32 Å². The average Bonchev–Trinajstić information content (AvgIpc) is 2.25. The first kappa shape index (κ1) is 13.3. The van der Waals surface area contributed by atoms with Crippen molar-refractivity contribution in [3.63, 3.8) is 0 Å². The van der Waals surface area contributed by atoms with Crippen LogP contribution in [0.3, 0.4) is 0 Å². The van der Waals surface area contributed by atoms with E-state index in [1.165, 1.54) is 0 Å². The lowest BCUT2D eigenvalue weighted by Gasteiger charge is -2.44. The Kier molecular flexibility index (Phi) is 3.61. The molecular weight excluding hydrogens is 232 g/mol. The summed E-state index contributed by atoms with van der Waals surface area (Å²) in [5.74, 6) is 0.287. The highest BCUT2D eigenvalue weighted by Crippen LogP contribution is 2.25. The first-order chi connectivity index (χ1) is 8.37. The van der Waals surface area contributed by atoms with Gasteiger partial charge in [0.1, 0.15) is 11.4 Å². The van der Waals surface area contributed by atoms with E-state index in [-0.39, 0.29) is 24.0 Å². The van der Waals surface area contributed by atoms with Gasteiger partial charge in [-0.1, -0.05) is 0 Å². The minimum absolute atomic E-state index is 0.103. The lowest BCUT2D eigenvalue weighted by atomic mass is 9.87. The van der Waals surface area contributed by atoms with Crippen LogP contribution in [0.1, 0.15) is 40.0 Å². The molecular formula is C13H22N2O3. The molecule has 0 aromatic heterocycles. The maximum absolute atomic E-state index is 12.1. The van der Waals surface area contributed by atoms with Crippen LogP contribution in [0.25, 0.3) is 0 Å². The summed E-state index contributed by atoms with van der Waals surface area (Å²) >= 11 is 0. The molecule has 1 amide bonds. The maximum atomic E-state index is 12.1. The number of Topliss-reactive ketones (excluding diaryl/α,β-unsaturated/α-hetero) is 1. The molecule has 1 saturated carbocycles. The van der Waals surface area contributed by atoms with E-state index < -0.39 is 5.60 Å². The van der Waals surface area contributed by atoms with Crippen molar-refractivity contribution >= 4 is 11.9 Å². The average molecular weight is 254 g/mol. The molecule has 18 heavy (non-hydrogen) atoms. The van der Waals surface area contributed by atoms with E-state index in [9.17, 15) is 9.59 Å². The first-order valence-corrected chi connectivity index (χ1v) is 6.61. The SMILES string of the molecule is CC(C)(C)OC(=O)N1CCNC2CC(=O)CCC21. The van der Waals surface area contributed by atoms with Gasteiger partial charge in [-0.3, -0.25) is 4.79 Å². The molecule has 2 rings (SSSR count). The van der Waals surface area contributed by atoms with Gasteiger partial charge in [-0.2, -0.15) is 0 Å². The van der Waals surface area contributed by atoms with Crippen molar-refractivity contribution in [2.45, 2.75) is 57.7 Å². The van der Waals surface area contributed by atoms with E-state index in [0.29, 0.717) is 19.4 Å². The van der Waals surface area contributed by atoms with Crippen molar-refractivity contribution in [1.82, 2.24) is 10.2 Å².